The molecule has 1 heterocycles. The summed E-state index contributed by atoms with van der Waals surface area (Å²) >= 11 is 0. The summed E-state index contributed by atoms with van der Waals surface area (Å²) in [6, 6.07) is 6.98. The van der Waals surface area contributed by atoms with E-state index < -0.39 is 0 Å². The molecule has 1 aliphatic rings. The van der Waals surface area contributed by atoms with Gasteiger partial charge in [-0.1, -0.05) is 13.8 Å². The van der Waals surface area contributed by atoms with Crippen molar-refractivity contribution in [3.05, 3.63) is 18.2 Å². The van der Waals surface area contributed by atoms with Gasteiger partial charge >= 0.3 is 0 Å². The molecule has 0 spiro atoms. The second-order valence-electron chi connectivity index (χ2n) is 6.31. The first-order valence-corrected chi connectivity index (χ1v) is 6.83. The molecule has 0 saturated heterocycles. The van der Waals surface area contributed by atoms with Crippen LogP contribution in [0.1, 0.15) is 41.0 Å². The van der Waals surface area contributed by atoms with Gasteiger partial charge in [-0.15, -0.1) is 0 Å². The fourth-order valence-corrected chi connectivity index (χ4v) is 2.60. The molecule has 0 fully saturated rings. The molecule has 1 aliphatic heterocycles. The Labute approximate surface area is 110 Å². The van der Waals surface area contributed by atoms with Crippen LogP contribution in [0.5, 0.6) is 0 Å². The number of nitrogens with one attached hydrogen (secondary N) is 3. The van der Waals surface area contributed by atoms with E-state index in [9.17, 15) is 0 Å². The maximum atomic E-state index is 3.56. The molecule has 0 amide bonds. The Bertz CT molecular complexity index is 424. The first-order valence-electron chi connectivity index (χ1n) is 6.83. The van der Waals surface area contributed by atoms with Gasteiger partial charge in [0.15, 0.2) is 0 Å². The Kier molecular flexibility index (Phi) is 3.42. The van der Waals surface area contributed by atoms with Crippen LogP contribution in [0, 0.1) is 5.92 Å². The molecule has 18 heavy (non-hydrogen) atoms. The Morgan fingerprint density at radius 3 is 2.44 bits per heavy atom. The highest BCUT2D eigenvalue weighted by Gasteiger charge is 2.26. The number of hydrogen-bond donors (Lipinski definition) is 3. The summed E-state index contributed by atoms with van der Waals surface area (Å²) in [4.78, 5) is 0. The molecule has 0 aromatic heterocycles. The fraction of sp³-hybridized carbons (Fsp3) is 0.600. The van der Waals surface area contributed by atoms with Gasteiger partial charge in [0.1, 0.15) is 5.66 Å². The SMILES string of the molecule is CC(C)CC(C)Nc1ccc2c(c1)NC(C)(C)N2. The quantitative estimate of drug-likeness (QED) is 0.749. The number of hydrogen-bond acceptors (Lipinski definition) is 3. The van der Waals surface area contributed by atoms with Gasteiger partial charge in [-0.2, -0.15) is 0 Å². The molecule has 3 nitrogen and oxygen atoms in total. The second-order valence-corrected chi connectivity index (χ2v) is 6.31. The summed E-state index contributed by atoms with van der Waals surface area (Å²) in [5.41, 5.74) is 3.50. The minimum absolute atomic E-state index is 0.0511. The molecule has 3 heteroatoms. The molecule has 0 bridgehead atoms. The summed E-state index contributed by atoms with van der Waals surface area (Å²) in [7, 11) is 0. The Morgan fingerprint density at radius 1 is 1.11 bits per heavy atom. The zero-order chi connectivity index (χ0) is 13.3. The number of fused-ring (bicyclic) bond motifs is 1. The van der Waals surface area contributed by atoms with Crippen LogP contribution in [0.3, 0.4) is 0 Å². The van der Waals surface area contributed by atoms with Gasteiger partial charge < -0.3 is 16.0 Å². The molecular weight excluding hydrogens is 222 g/mol. The van der Waals surface area contributed by atoms with Crippen molar-refractivity contribution in [3.8, 4) is 0 Å². The zero-order valence-electron chi connectivity index (χ0n) is 12.1. The third-order valence-corrected chi connectivity index (χ3v) is 3.15. The Balaban J connectivity index is 2.05. The molecule has 1 atom stereocenters. The van der Waals surface area contributed by atoms with E-state index >= 15 is 0 Å². The molecule has 1 unspecified atom stereocenters. The maximum absolute atomic E-state index is 3.56. The lowest BCUT2D eigenvalue weighted by atomic mass is 10.0. The van der Waals surface area contributed by atoms with Crippen molar-refractivity contribution in [2.75, 3.05) is 16.0 Å². The highest BCUT2D eigenvalue weighted by atomic mass is 15.2. The second kappa shape index (κ2) is 4.71. The first kappa shape index (κ1) is 13.1. The molecule has 100 valence electrons. The largest absolute Gasteiger partial charge is 0.383 e. The number of benzene rings is 1. The molecule has 3 N–H and O–H groups in total. The third kappa shape index (κ3) is 3.09. The van der Waals surface area contributed by atoms with Crippen molar-refractivity contribution in [1.82, 2.24) is 0 Å². The van der Waals surface area contributed by atoms with Crippen LogP contribution in [0.2, 0.25) is 0 Å². The minimum atomic E-state index is -0.0511. The summed E-state index contributed by atoms with van der Waals surface area (Å²) in [6.07, 6.45) is 1.19. The normalized spacial score (nSPS) is 17.9. The molecule has 1 aromatic rings. The lowest BCUT2D eigenvalue weighted by Gasteiger charge is -2.19. The molecule has 0 radical (unpaired) electrons. The fourth-order valence-electron chi connectivity index (χ4n) is 2.60. The molecule has 0 saturated carbocycles. The smallest absolute Gasteiger partial charge is 0.102 e. The van der Waals surface area contributed by atoms with E-state index in [-0.39, 0.29) is 5.66 Å². The van der Waals surface area contributed by atoms with Crippen molar-refractivity contribution >= 4 is 17.1 Å². The number of rotatable bonds is 4. The van der Waals surface area contributed by atoms with Crippen LogP contribution in [0.4, 0.5) is 17.1 Å². The highest BCUT2D eigenvalue weighted by Crippen LogP contribution is 2.35. The van der Waals surface area contributed by atoms with Crippen LogP contribution in [0.15, 0.2) is 18.2 Å². The van der Waals surface area contributed by atoms with E-state index in [0.717, 1.165) is 5.92 Å². The predicted molar refractivity (Wildman–Crippen MR) is 80.3 cm³/mol. The van der Waals surface area contributed by atoms with Gasteiger partial charge in [0.25, 0.3) is 0 Å². The van der Waals surface area contributed by atoms with Gasteiger partial charge in [-0.05, 0) is 51.3 Å². The average molecular weight is 247 g/mol. The van der Waals surface area contributed by atoms with E-state index in [2.05, 4.69) is 68.8 Å². The van der Waals surface area contributed by atoms with Gasteiger partial charge in [0, 0.05) is 11.7 Å². The number of anilines is 3. The van der Waals surface area contributed by atoms with Crippen LogP contribution in [0.25, 0.3) is 0 Å². The summed E-state index contributed by atoms with van der Waals surface area (Å²) in [5, 5.41) is 10.5. The maximum Gasteiger partial charge on any atom is 0.102 e. The van der Waals surface area contributed by atoms with Crippen LogP contribution < -0.4 is 16.0 Å². The predicted octanol–water partition coefficient (Wildman–Crippen LogP) is 4.11. The monoisotopic (exact) mass is 247 g/mol. The van der Waals surface area contributed by atoms with Gasteiger partial charge in [-0.3, -0.25) is 0 Å². The van der Waals surface area contributed by atoms with Crippen molar-refractivity contribution in [2.45, 2.75) is 52.7 Å². The Hall–Kier alpha value is -1.38. The average Bonchev–Trinajstić information content (AvgIpc) is 2.49. The van der Waals surface area contributed by atoms with E-state index in [1.807, 2.05) is 0 Å². The lowest BCUT2D eigenvalue weighted by molar-refractivity contribution is 0.540. The van der Waals surface area contributed by atoms with Crippen LogP contribution in [-0.4, -0.2) is 11.7 Å². The van der Waals surface area contributed by atoms with E-state index in [1.165, 1.54) is 23.5 Å². The first-order chi connectivity index (χ1) is 8.35. The van der Waals surface area contributed by atoms with Crippen molar-refractivity contribution in [3.63, 3.8) is 0 Å². The molecule has 0 aliphatic carbocycles. The standard InChI is InChI=1S/C15H25N3/c1-10(2)8-11(3)16-12-6-7-13-14(9-12)18-15(4,5)17-13/h6-7,9-11,16-18H,8H2,1-5H3. The van der Waals surface area contributed by atoms with Gasteiger partial charge in [0.05, 0.1) is 11.4 Å². The van der Waals surface area contributed by atoms with Crippen LogP contribution >= 0.6 is 0 Å². The highest BCUT2D eigenvalue weighted by molar-refractivity contribution is 5.79. The summed E-state index contributed by atoms with van der Waals surface area (Å²) in [6.45, 7) is 11.0. The van der Waals surface area contributed by atoms with Crippen LogP contribution in [-0.2, 0) is 0 Å². The Morgan fingerprint density at radius 2 is 1.78 bits per heavy atom. The summed E-state index contributed by atoms with van der Waals surface area (Å²) in [5.74, 6) is 0.723. The van der Waals surface area contributed by atoms with E-state index in [4.69, 9.17) is 0 Å². The van der Waals surface area contributed by atoms with Crippen molar-refractivity contribution in [1.29, 1.82) is 0 Å². The molecule has 1 aromatic carbocycles. The topological polar surface area (TPSA) is 36.1 Å². The summed E-state index contributed by atoms with van der Waals surface area (Å²) < 4.78 is 0. The lowest BCUT2D eigenvalue weighted by Crippen LogP contribution is -2.33. The van der Waals surface area contributed by atoms with Gasteiger partial charge in [0.2, 0.25) is 0 Å². The van der Waals surface area contributed by atoms with E-state index in [1.54, 1.807) is 0 Å². The zero-order valence-corrected chi connectivity index (χ0v) is 12.1. The minimum Gasteiger partial charge on any atom is -0.383 e. The van der Waals surface area contributed by atoms with Crippen molar-refractivity contribution in [2.24, 2.45) is 5.92 Å². The molecular formula is C15H25N3. The molecule has 2 rings (SSSR count). The van der Waals surface area contributed by atoms with Crippen molar-refractivity contribution < 1.29 is 0 Å². The van der Waals surface area contributed by atoms with Gasteiger partial charge in [-0.25, -0.2) is 0 Å². The van der Waals surface area contributed by atoms with E-state index in [0.29, 0.717) is 6.04 Å². The third-order valence-electron chi connectivity index (χ3n) is 3.15.